The molecule has 0 aliphatic carbocycles. The Morgan fingerprint density at radius 3 is 2.76 bits per heavy atom. The van der Waals surface area contributed by atoms with Crippen LogP contribution in [-0.4, -0.2) is 45.3 Å². The lowest BCUT2D eigenvalue weighted by atomic mass is 10.0. The molecule has 1 N–H and O–H groups in total. The van der Waals surface area contributed by atoms with E-state index in [1.807, 2.05) is 40.9 Å². The van der Waals surface area contributed by atoms with E-state index in [2.05, 4.69) is 15.2 Å². The summed E-state index contributed by atoms with van der Waals surface area (Å²) in [4.78, 5) is 11.6. The fourth-order valence-corrected chi connectivity index (χ4v) is 5.00. The minimum atomic E-state index is -0.206. The van der Waals surface area contributed by atoms with E-state index >= 15 is 0 Å². The van der Waals surface area contributed by atoms with Crippen molar-refractivity contribution in [2.75, 3.05) is 24.5 Å². The highest BCUT2D eigenvalue weighted by molar-refractivity contribution is 5.61. The first-order chi connectivity index (χ1) is 16.7. The molecule has 1 unspecified atom stereocenters. The van der Waals surface area contributed by atoms with Crippen molar-refractivity contribution in [3.05, 3.63) is 72.2 Å². The SMILES string of the molecule is Fc1cccc(C2CCCN2c2ccc3ncc(-c4cccc(OC5CCNCC5)n4)n3n2)c1. The van der Waals surface area contributed by atoms with E-state index in [1.54, 1.807) is 18.3 Å². The zero-order valence-corrected chi connectivity index (χ0v) is 18.9. The number of pyridine rings is 1. The molecule has 1 aromatic carbocycles. The maximum Gasteiger partial charge on any atom is 0.214 e. The molecule has 0 saturated carbocycles. The number of rotatable bonds is 5. The van der Waals surface area contributed by atoms with Gasteiger partial charge in [0.15, 0.2) is 5.65 Å². The zero-order chi connectivity index (χ0) is 22.9. The molecule has 6 rings (SSSR count). The molecule has 174 valence electrons. The van der Waals surface area contributed by atoms with Crippen LogP contribution in [0.3, 0.4) is 0 Å². The van der Waals surface area contributed by atoms with Crippen LogP contribution in [0.15, 0.2) is 60.8 Å². The minimum absolute atomic E-state index is 0.104. The van der Waals surface area contributed by atoms with Gasteiger partial charge < -0.3 is 15.0 Å². The highest BCUT2D eigenvalue weighted by Gasteiger charge is 2.28. The van der Waals surface area contributed by atoms with Gasteiger partial charge in [-0.3, -0.25) is 0 Å². The number of nitrogens with zero attached hydrogens (tertiary/aromatic N) is 5. The molecule has 0 spiro atoms. The zero-order valence-electron chi connectivity index (χ0n) is 18.9. The molecule has 2 aliphatic heterocycles. The number of benzene rings is 1. The second-order valence-corrected chi connectivity index (χ2v) is 8.94. The molecule has 0 radical (unpaired) electrons. The summed E-state index contributed by atoms with van der Waals surface area (Å²) >= 11 is 0. The lowest BCUT2D eigenvalue weighted by molar-refractivity contribution is 0.156. The number of halogens is 1. The van der Waals surface area contributed by atoms with E-state index < -0.39 is 0 Å². The summed E-state index contributed by atoms with van der Waals surface area (Å²) in [6.45, 7) is 2.82. The number of aromatic nitrogens is 4. The van der Waals surface area contributed by atoms with Gasteiger partial charge in [0.1, 0.15) is 23.4 Å². The number of hydrogen-bond acceptors (Lipinski definition) is 6. The number of anilines is 1. The maximum atomic E-state index is 13.9. The van der Waals surface area contributed by atoms with Crippen LogP contribution in [-0.2, 0) is 0 Å². The Hall–Kier alpha value is -3.52. The molecule has 0 amide bonds. The lowest BCUT2D eigenvalue weighted by Gasteiger charge is -2.26. The van der Waals surface area contributed by atoms with Gasteiger partial charge in [0.25, 0.3) is 0 Å². The summed E-state index contributed by atoms with van der Waals surface area (Å²) in [7, 11) is 0. The molecule has 1 atom stereocenters. The summed E-state index contributed by atoms with van der Waals surface area (Å²) in [5.41, 5.74) is 3.32. The third-order valence-corrected chi connectivity index (χ3v) is 6.69. The van der Waals surface area contributed by atoms with Crippen molar-refractivity contribution in [3.63, 3.8) is 0 Å². The van der Waals surface area contributed by atoms with E-state index in [9.17, 15) is 4.39 Å². The third kappa shape index (κ3) is 4.09. The van der Waals surface area contributed by atoms with Crippen molar-refractivity contribution >= 4 is 11.5 Å². The van der Waals surface area contributed by atoms with Gasteiger partial charge in [-0.05, 0) is 74.7 Å². The average Bonchev–Trinajstić information content (AvgIpc) is 3.52. The van der Waals surface area contributed by atoms with Crippen molar-refractivity contribution in [3.8, 4) is 17.3 Å². The van der Waals surface area contributed by atoms with Crippen LogP contribution in [0.2, 0.25) is 0 Å². The van der Waals surface area contributed by atoms with E-state index in [-0.39, 0.29) is 18.0 Å². The number of piperidine rings is 1. The number of nitrogens with one attached hydrogen (secondary N) is 1. The molecule has 2 saturated heterocycles. The Kier molecular flexibility index (Phi) is 5.58. The minimum Gasteiger partial charge on any atom is -0.474 e. The second kappa shape index (κ2) is 9.02. The van der Waals surface area contributed by atoms with Gasteiger partial charge >= 0.3 is 0 Å². The Labute approximate surface area is 197 Å². The van der Waals surface area contributed by atoms with Crippen molar-refractivity contribution < 1.29 is 9.13 Å². The first-order valence-electron chi connectivity index (χ1n) is 12.0. The monoisotopic (exact) mass is 458 g/mol. The second-order valence-electron chi connectivity index (χ2n) is 8.94. The topological polar surface area (TPSA) is 67.6 Å². The van der Waals surface area contributed by atoms with Gasteiger partial charge in [-0.15, -0.1) is 5.10 Å². The van der Waals surface area contributed by atoms with Crippen LogP contribution in [0, 0.1) is 5.82 Å². The summed E-state index contributed by atoms with van der Waals surface area (Å²) in [6.07, 6.45) is 5.96. The quantitative estimate of drug-likeness (QED) is 0.478. The number of ether oxygens (including phenoxy) is 1. The highest BCUT2D eigenvalue weighted by Crippen LogP contribution is 2.35. The summed E-state index contributed by atoms with van der Waals surface area (Å²) in [5, 5.41) is 8.29. The fraction of sp³-hybridized carbons (Fsp3) is 0.346. The normalized spacial score (nSPS) is 19.1. The van der Waals surface area contributed by atoms with E-state index in [1.165, 1.54) is 6.07 Å². The van der Waals surface area contributed by atoms with Gasteiger partial charge in [0.2, 0.25) is 5.88 Å². The van der Waals surface area contributed by atoms with Crippen LogP contribution in [0.1, 0.15) is 37.3 Å². The van der Waals surface area contributed by atoms with Gasteiger partial charge in [-0.2, -0.15) is 0 Å². The Morgan fingerprint density at radius 2 is 1.88 bits per heavy atom. The number of hydrogen-bond donors (Lipinski definition) is 1. The van der Waals surface area contributed by atoms with Gasteiger partial charge in [-0.1, -0.05) is 18.2 Å². The van der Waals surface area contributed by atoms with Gasteiger partial charge in [-0.25, -0.2) is 18.9 Å². The van der Waals surface area contributed by atoms with E-state index in [0.717, 1.165) is 73.7 Å². The number of imidazole rings is 1. The van der Waals surface area contributed by atoms with E-state index in [4.69, 9.17) is 14.8 Å². The van der Waals surface area contributed by atoms with Crippen molar-refractivity contribution in [2.45, 2.75) is 37.8 Å². The maximum absolute atomic E-state index is 13.9. The number of fused-ring (bicyclic) bond motifs is 1. The molecule has 2 aliphatic rings. The molecular weight excluding hydrogens is 431 g/mol. The van der Waals surface area contributed by atoms with Gasteiger partial charge in [0.05, 0.1) is 17.9 Å². The highest BCUT2D eigenvalue weighted by atomic mass is 19.1. The Balaban J connectivity index is 1.31. The third-order valence-electron chi connectivity index (χ3n) is 6.69. The van der Waals surface area contributed by atoms with Crippen molar-refractivity contribution in [1.82, 2.24) is 24.9 Å². The first-order valence-corrected chi connectivity index (χ1v) is 12.0. The Morgan fingerprint density at radius 1 is 1.00 bits per heavy atom. The smallest absolute Gasteiger partial charge is 0.214 e. The lowest BCUT2D eigenvalue weighted by Crippen LogP contribution is -2.34. The van der Waals surface area contributed by atoms with Crippen LogP contribution < -0.4 is 15.0 Å². The van der Waals surface area contributed by atoms with Crippen LogP contribution in [0.4, 0.5) is 10.2 Å². The summed E-state index contributed by atoms with van der Waals surface area (Å²) in [5.74, 6) is 1.27. The molecule has 8 heteroatoms. The van der Waals surface area contributed by atoms with Crippen molar-refractivity contribution in [1.29, 1.82) is 0 Å². The fourth-order valence-electron chi connectivity index (χ4n) is 5.00. The van der Waals surface area contributed by atoms with Crippen LogP contribution >= 0.6 is 0 Å². The largest absolute Gasteiger partial charge is 0.474 e. The van der Waals surface area contributed by atoms with Crippen LogP contribution in [0.25, 0.3) is 17.0 Å². The van der Waals surface area contributed by atoms with Gasteiger partial charge in [0, 0.05) is 12.6 Å². The summed E-state index contributed by atoms with van der Waals surface area (Å²) < 4.78 is 21.9. The predicted octanol–water partition coefficient (Wildman–Crippen LogP) is 4.40. The molecule has 2 fully saturated rings. The molecule has 4 aromatic rings. The molecule has 5 heterocycles. The van der Waals surface area contributed by atoms with E-state index in [0.29, 0.717) is 5.88 Å². The molecule has 0 bridgehead atoms. The predicted molar refractivity (Wildman–Crippen MR) is 128 cm³/mol. The van der Waals surface area contributed by atoms with Crippen molar-refractivity contribution in [2.24, 2.45) is 0 Å². The average molecular weight is 459 g/mol. The summed E-state index contributed by atoms with van der Waals surface area (Å²) in [6, 6.07) is 16.8. The first kappa shape index (κ1) is 21.0. The molecule has 34 heavy (non-hydrogen) atoms. The van der Waals surface area contributed by atoms with Crippen LogP contribution in [0.5, 0.6) is 5.88 Å². The molecular formula is C26H27FN6O. The molecule has 3 aromatic heterocycles. The standard InChI is InChI=1S/C26H27FN6O/c27-19-5-1-4-18(16-19)22-7-3-15-32(22)25-10-9-24-29-17-23(33(24)31-25)21-6-2-8-26(30-21)34-20-11-13-28-14-12-20/h1-2,4-6,8-10,16-17,20,22,28H,3,7,11-15H2. The Bertz CT molecular complexity index is 1300. The molecule has 7 nitrogen and oxygen atoms in total.